The molecule has 12 nitrogen and oxygen atoms in total. The summed E-state index contributed by atoms with van der Waals surface area (Å²) in [4.78, 5) is 59.6. The number of amides is 4. The molecule has 10 N–H and O–H groups in total. The highest BCUT2D eigenvalue weighted by molar-refractivity contribution is 5.94. The number of carboxylic acids is 1. The standard InChI is InChI=1S/C20H38N6O6/c1-11(2)10-15(19(30)25-14(20(31)32)6-4-5-9-21)26-17(28)12(3)24-18(29)13(22)7-8-16(23)27/h11-15H,4-10,21-22H2,1-3H3,(H2,23,27)(H,24,29)(H,25,30)(H,26,28)(H,31,32). The lowest BCUT2D eigenvalue weighted by molar-refractivity contribution is -0.142. The van der Waals surface area contributed by atoms with Gasteiger partial charge in [0.2, 0.25) is 23.6 Å². The van der Waals surface area contributed by atoms with Crippen molar-refractivity contribution in [2.45, 2.75) is 83.5 Å². The van der Waals surface area contributed by atoms with Gasteiger partial charge in [-0.15, -0.1) is 0 Å². The molecule has 32 heavy (non-hydrogen) atoms. The first kappa shape index (κ1) is 29.3. The van der Waals surface area contributed by atoms with Crippen molar-refractivity contribution in [2.24, 2.45) is 23.1 Å². The molecule has 184 valence electrons. The van der Waals surface area contributed by atoms with Crippen LogP contribution in [-0.2, 0) is 24.0 Å². The van der Waals surface area contributed by atoms with Crippen LogP contribution < -0.4 is 33.2 Å². The van der Waals surface area contributed by atoms with Crippen LogP contribution >= 0.6 is 0 Å². The van der Waals surface area contributed by atoms with Gasteiger partial charge in [-0.25, -0.2) is 4.79 Å². The average Bonchev–Trinajstić information content (AvgIpc) is 2.69. The van der Waals surface area contributed by atoms with Crippen molar-refractivity contribution in [3.05, 3.63) is 0 Å². The maximum atomic E-state index is 12.7. The minimum Gasteiger partial charge on any atom is -0.480 e. The van der Waals surface area contributed by atoms with Crippen molar-refractivity contribution in [1.29, 1.82) is 0 Å². The van der Waals surface area contributed by atoms with Crippen molar-refractivity contribution < 1.29 is 29.1 Å². The quantitative estimate of drug-likeness (QED) is 0.132. The molecule has 0 bridgehead atoms. The normalized spacial score (nSPS) is 14.7. The summed E-state index contributed by atoms with van der Waals surface area (Å²) in [6.45, 7) is 5.55. The van der Waals surface area contributed by atoms with Crippen molar-refractivity contribution in [3.63, 3.8) is 0 Å². The van der Waals surface area contributed by atoms with Crippen LogP contribution in [0.4, 0.5) is 0 Å². The first-order valence-electron chi connectivity index (χ1n) is 10.8. The van der Waals surface area contributed by atoms with Crippen LogP contribution in [0.25, 0.3) is 0 Å². The van der Waals surface area contributed by atoms with Crippen molar-refractivity contribution >= 4 is 29.6 Å². The number of nitrogens with two attached hydrogens (primary N) is 3. The molecule has 4 unspecified atom stereocenters. The lowest BCUT2D eigenvalue weighted by Crippen LogP contribution is -2.56. The Hall–Kier alpha value is -2.73. The average molecular weight is 459 g/mol. The number of primary amides is 1. The van der Waals surface area contributed by atoms with E-state index in [0.29, 0.717) is 19.4 Å². The predicted molar refractivity (Wildman–Crippen MR) is 118 cm³/mol. The van der Waals surface area contributed by atoms with Crippen LogP contribution in [0.2, 0.25) is 0 Å². The summed E-state index contributed by atoms with van der Waals surface area (Å²) < 4.78 is 0. The number of hydrogen-bond acceptors (Lipinski definition) is 7. The number of carboxylic acid groups (broad SMARTS) is 1. The zero-order valence-electron chi connectivity index (χ0n) is 19.1. The van der Waals surface area contributed by atoms with Crippen LogP contribution in [0, 0.1) is 5.92 Å². The summed E-state index contributed by atoms with van der Waals surface area (Å²) in [5.74, 6) is -3.62. The van der Waals surface area contributed by atoms with E-state index in [1.54, 1.807) is 0 Å². The van der Waals surface area contributed by atoms with Gasteiger partial charge in [-0.05, 0) is 51.5 Å². The summed E-state index contributed by atoms with van der Waals surface area (Å²) in [6.07, 6.45) is 1.62. The molecule has 12 heteroatoms. The van der Waals surface area contributed by atoms with Gasteiger partial charge >= 0.3 is 5.97 Å². The number of carbonyl (C=O) groups is 5. The first-order chi connectivity index (χ1) is 14.9. The minimum absolute atomic E-state index is 0.0266. The third-order valence-electron chi connectivity index (χ3n) is 4.69. The van der Waals surface area contributed by atoms with E-state index in [-0.39, 0.29) is 31.6 Å². The van der Waals surface area contributed by atoms with Crippen LogP contribution in [0.1, 0.15) is 59.3 Å². The fourth-order valence-electron chi connectivity index (χ4n) is 2.84. The molecule has 0 fully saturated rings. The third kappa shape index (κ3) is 12.2. The molecular weight excluding hydrogens is 420 g/mol. The van der Waals surface area contributed by atoms with E-state index in [9.17, 15) is 29.1 Å². The third-order valence-corrected chi connectivity index (χ3v) is 4.69. The Kier molecular flexibility index (Phi) is 13.8. The topological polar surface area (TPSA) is 220 Å². The number of nitrogens with one attached hydrogen (secondary N) is 3. The highest BCUT2D eigenvalue weighted by Gasteiger charge is 2.29. The van der Waals surface area contributed by atoms with E-state index in [1.807, 2.05) is 13.8 Å². The zero-order chi connectivity index (χ0) is 24.8. The van der Waals surface area contributed by atoms with Crippen LogP contribution in [0.15, 0.2) is 0 Å². The number of hydrogen-bond donors (Lipinski definition) is 7. The Morgan fingerprint density at radius 3 is 1.94 bits per heavy atom. The maximum absolute atomic E-state index is 12.7. The van der Waals surface area contributed by atoms with E-state index >= 15 is 0 Å². The van der Waals surface area contributed by atoms with Crippen molar-refractivity contribution in [3.8, 4) is 0 Å². The molecule has 0 aromatic heterocycles. The number of carbonyl (C=O) groups excluding carboxylic acids is 4. The van der Waals surface area contributed by atoms with E-state index in [1.165, 1.54) is 6.92 Å². The van der Waals surface area contributed by atoms with Gasteiger partial charge in [-0.2, -0.15) is 0 Å². The van der Waals surface area contributed by atoms with Gasteiger partial charge in [0.1, 0.15) is 18.1 Å². The number of rotatable bonds is 16. The summed E-state index contributed by atoms with van der Waals surface area (Å²) in [5, 5.41) is 16.8. The maximum Gasteiger partial charge on any atom is 0.326 e. The first-order valence-corrected chi connectivity index (χ1v) is 10.8. The molecule has 0 saturated heterocycles. The summed E-state index contributed by atoms with van der Waals surface area (Å²) >= 11 is 0. The van der Waals surface area contributed by atoms with Crippen molar-refractivity contribution in [2.75, 3.05) is 6.54 Å². The SMILES string of the molecule is CC(C)CC(NC(=O)C(C)NC(=O)C(N)CCC(N)=O)C(=O)NC(CCCCN)C(=O)O. The molecule has 4 atom stereocenters. The summed E-state index contributed by atoms with van der Waals surface area (Å²) in [6, 6.07) is -4.11. The Labute approximate surface area is 188 Å². The molecule has 0 rings (SSSR count). The Morgan fingerprint density at radius 1 is 0.844 bits per heavy atom. The molecule has 0 radical (unpaired) electrons. The fourth-order valence-corrected chi connectivity index (χ4v) is 2.84. The van der Waals surface area contributed by atoms with E-state index < -0.39 is 53.8 Å². The van der Waals surface area contributed by atoms with Gasteiger partial charge in [0.15, 0.2) is 0 Å². The highest BCUT2D eigenvalue weighted by Crippen LogP contribution is 2.08. The Balaban J connectivity index is 5.03. The van der Waals surface area contributed by atoms with Gasteiger partial charge in [-0.1, -0.05) is 13.8 Å². The molecule has 0 saturated carbocycles. The monoisotopic (exact) mass is 458 g/mol. The smallest absolute Gasteiger partial charge is 0.326 e. The lowest BCUT2D eigenvalue weighted by atomic mass is 10.0. The molecule has 0 aliphatic rings. The number of aliphatic carboxylic acids is 1. The lowest BCUT2D eigenvalue weighted by Gasteiger charge is -2.25. The van der Waals surface area contributed by atoms with Crippen LogP contribution in [-0.4, -0.2) is 65.4 Å². The second kappa shape index (κ2) is 15.1. The van der Waals surface area contributed by atoms with E-state index in [0.717, 1.165) is 0 Å². The van der Waals surface area contributed by atoms with Gasteiger partial charge < -0.3 is 38.3 Å². The molecule has 0 aromatic carbocycles. The number of unbranched alkanes of at least 4 members (excludes halogenated alkanes) is 1. The summed E-state index contributed by atoms with van der Waals surface area (Å²) in [5.41, 5.74) is 16.1. The molecule has 0 heterocycles. The van der Waals surface area contributed by atoms with Gasteiger partial charge in [0.25, 0.3) is 0 Å². The Morgan fingerprint density at radius 2 is 1.44 bits per heavy atom. The summed E-state index contributed by atoms with van der Waals surface area (Å²) in [7, 11) is 0. The molecule has 0 spiro atoms. The fraction of sp³-hybridized carbons (Fsp3) is 0.750. The Bertz CT molecular complexity index is 656. The van der Waals surface area contributed by atoms with Gasteiger partial charge in [-0.3, -0.25) is 19.2 Å². The second-order valence-corrected chi connectivity index (χ2v) is 8.22. The van der Waals surface area contributed by atoms with E-state index in [4.69, 9.17) is 17.2 Å². The van der Waals surface area contributed by atoms with E-state index in [2.05, 4.69) is 16.0 Å². The molecular formula is C20H38N6O6. The second-order valence-electron chi connectivity index (χ2n) is 8.22. The van der Waals surface area contributed by atoms with Crippen LogP contribution in [0.5, 0.6) is 0 Å². The largest absolute Gasteiger partial charge is 0.480 e. The predicted octanol–water partition coefficient (Wildman–Crippen LogP) is -1.69. The van der Waals surface area contributed by atoms with Gasteiger partial charge in [0, 0.05) is 6.42 Å². The zero-order valence-corrected chi connectivity index (χ0v) is 19.1. The molecule has 0 aliphatic carbocycles. The molecule has 4 amide bonds. The molecule has 0 aromatic rings. The van der Waals surface area contributed by atoms with Crippen LogP contribution in [0.3, 0.4) is 0 Å². The highest BCUT2D eigenvalue weighted by atomic mass is 16.4. The minimum atomic E-state index is -1.17. The molecule has 0 aliphatic heterocycles. The van der Waals surface area contributed by atoms with Crippen molar-refractivity contribution in [1.82, 2.24) is 16.0 Å². The van der Waals surface area contributed by atoms with Gasteiger partial charge in [0.05, 0.1) is 6.04 Å².